The molecule has 5 rings (SSSR count). The highest BCUT2D eigenvalue weighted by molar-refractivity contribution is 7.10. The second-order valence-electron chi connectivity index (χ2n) is 9.11. The highest BCUT2D eigenvalue weighted by Gasteiger charge is 2.38. The molecule has 0 spiro atoms. The lowest BCUT2D eigenvalue weighted by molar-refractivity contribution is -0.139. The number of fused-ring (bicyclic) bond motifs is 1. The largest absolute Gasteiger partial charge is 0.480 e. The quantitative estimate of drug-likeness (QED) is 0.306. The summed E-state index contributed by atoms with van der Waals surface area (Å²) in [6.07, 6.45) is 0.239. The average molecular weight is 540 g/mol. The van der Waals surface area contributed by atoms with Gasteiger partial charge in [-0.3, -0.25) is 19.3 Å². The van der Waals surface area contributed by atoms with Crippen LogP contribution in [0.3, 0.4) is 0 Å². The lowest BCUT2D eigenvalue weighted by atomic mass is 9.98. The van der Waals surface area contributed by atoms with Gasteiger partial charge in [-0.1, -0.05) is 66.7 Å². The molecule has 0 fully saturated rings. The van der Waals surface area contributed by atoms with E-state index in [9.17, 15) is 24.3 Å². The van der Waals surface area contributed by atoms with Gasteiger partial charge in [0, 0.05) is 16.9 Å². The number of amides is 3. The average Bonchev–Trinajstić information content (AvgIpc) is 3.45. The predicted molar refractivity (Wildman–Crippen MR) is 149 cm³/mol. The van der Waals surface area contributed by atoms with Crippen LogP contribution in [0.4, 0.5) is 11.4 Å². The minimum absolute atomic E-state index is 0.118. The van der Waals surface area contributed by atoms with E-state index in [1.54, 1.807) is 42.5 Å². The molecule has 3 N–H and O–H groups in total. The number of aliphatic carboxylic acids is 1. The van der Waals surface area contributed by atoms with Crippen LogP contribution < -0.4 is 15.5 Å². The maximum Gasteiger partial charge on any atom is 0.326 e. The zero-order valence-electron chi connectivity index (χ0n) is 20.7. The summed E-state index contributed by atoms with van der Waals surface area (Å²) in [7, 11) is 0. The standard InChI is InChI=1S/C30H25N3O5S/c34-26(18-22-12-7-15-39-22)33-25-14-13-21(17-23(25)31-29(36)27(33)20-10-5-2-6-11-20)28(35)32-24(30(37)38)16-19-8-3-1-4-9-19/h1-15,17,24,27H,16,18H2,(H,31,36)(H,32,35)(H,37,38). The predicted octanol–water partition coefficient (Wildman–Crippen LogP) is 4.44. The molecule has 0 radical (unpaired) electrons. The Morgan fingerprint density at radius 3 is 2.33 bits per heavy atom. The van der Waals surface area contributed by atoms with Gasteiger partial charge in [0.15, 0.2) is 0 Å². The summed E-state index contributed by atoms with van der Waals surface area (Å²) in [6, 6.07) is 24.4. The van der Waals surface area contributed by atoms with Gasteiger partial charge in [0.1, 0.15) is 12.1 Å². The normalized spacial score (nSPS) is 15.1. The van der Waals surface area contributed by atoms with Crippen molar-refractivity contribution < 1.29 is 24.3 Å². The molecular formula is C30H25N3O5S. The molecule has 2 heterocycles. The molecule has 0 saturated carbocycles. The second kappa shape index (κ2) is 11.3. The molecule has 0 saturated heterocycles. The number of benzene rings is 3. The maximum atomic E-state index is 13.6. The van der Waals surface area contributed by atoms with Gasteiger partial charge in [-0.15, -0.1) is 11.3 Å². The summed E-state index contributed by atoms with van der Waals surface area (Å²) >= 11 is 1.46. The lowest BCUT2D eigenvalue weighted by Crippen LogP contribution is -2.46. The highest BCUT2D eigenvalue weighted by atomic mass is 32.1. The molecule has 0 bridgehead atoms. The highest BCUT2D eigenvalue weighted by Crippen LogP contribution is 2.39. The van der Waals surface area contributed by atoms with Crippen molar-refractivity contribution in [2.45, 2.75) is 24.9 Å². The van der Waals surface area contributed by atoms with Crippen LogP contribution >= 0.6 is 11.3 Å². The Balaban J connectivity index is 1.44. The molecule has 1 aliphatic rings. The molecule has 3 amide bonds. The van der Waals surface area contributed by atoms with E-state index in [2.05, 4.69) is 10.6 Å². The number of anilines is 2. The number of thiophene rings is 1. The number of rotatable bonds is 8. The number of hydrogen-bond acceptors (Lipinski definition) is 5. The summed E-state index contributed by atoms with van der Waals surface area (Å²) in [5, 5.41) is 17.0. The lowest BCUT2D eigenvalue weighted by Gasteiger charge is -2.37. The molecule has 1 aromatic heterocycles. The SMILES string of the molecule is O=C(NC(Cc1ccccc1)C(=O)O)c1ccc2c(c1)NC(=O)C(c1ccccc1)N2C(=O)Cc1cccs1. The van der Waals surface area contributed by atoms with Crippen molar-refractivity contribution in [2.75, 3.05) is 10.2 Å². The fraction of sp³-hybridized carbons (Fsp3) is 0.133. The zero-order chi connectivity index (χ0) is 27.4. The molecule has 39 heavy (non-hydrogen) atoms. The summed E-state index contributed by atoms with van der Waals surface area (Å²) in [4.78, 5) is 54.2. The molecule has 2 unspecified atom stereocenters. The Hall–Kier alpha value is -4.76. The van der Waals surface area contributed by atoms with Crippen molar-refractivity contribution in [3.8, 4) is 0 Å². The third-order valence-electron chi connectivity index (χ3n) is 6.46. The number of carboxylic acids is 1. The number of hydrogen-bond donors (Lipinski definition) is 3. The smallest absolute Gasteiger partial charge is 0.326 e. The second-order valence-corrected chi connectivity index (χ2v) is 10.1. The minimum Gasteiger partial charge on any atom is -0.480 e. The van der Waals surface area contributed by atoms with E-state index in [1.807, 2.05) is 41.8 Å². The Kier molecular flexibility index (Phi) is 7.51. The van der Waals surface area contributed by atoms with E-state index < -0.39 is 29.9 Å². The number of nitrogens with zero attached hydrogens (tertiary/aromatic N) is 1. The molecule has 8 nitrogen and oxygen atoms in total. The van der Waals surface area contributed by atoms with Crippen molar-refractivity contribution >= 4 is 46.4 Å². The molecule has 2 atom stereocenters. The fourth-order valence-corrected chi connectivity index (χ4v) is 5.29. The minimum atomic E-state index is -1.16. The first-order valence-corrected chi connectivity index (χ1v) is 13.2. The summed E-state index contributed by atoms with van der Waals surface area (Å²) in [5.41, 5.74) is 2.36. The number of carbonyl (C=O) groups excluding carboxylic acids is 3. The molecule has 196 valence electrons. The third kappa shape index (κ3) is 5.73. The van der Waals surface area contributed by atoms with Gasteiger partial charge in [-0.25, -0.2) is 4.79 Å². The summed E-state index contributed by atoms with van der Waals surface area (Å²) in [5.74, 6) is -2.42. The van der Waals surface area contributed by atoms with Crippen molar-refractivity contribution in [1.82, 2.24) is 5.32 Å². The monoisotopic (exact) mass is 539 g/mol. The van der Waals surface area contributed by atoms with Crippen LogP contribution in [0.15, 0.2) is 96.4 Å². The van der Waals surface area contributed by atoms with Crippen LogP contribution in [0, 0.1) is 0 Å². The molecular weight excluding hydrogens is 514 g/mol. The van der Waals surface area contributed by atoms with Crippen molar-refractivity contribution in [1.29, 1.82) is 0 Å². The van der Waals surface area contributed by atoms with E-state index >= 15 is 0 Å². The number of carbonyl (C=O) groups is 4. The molecule has 3 aromatic carbocycles. The van der Waals surface area contributed by atoms with Gasteiger partial charge in [-0.2, -0.15) is 0 Å². The Morgan fingerprint density at radius 1 is 0.949 bits per heavy atom. The molecule has 4 aromatic rings. The van der Waals surface area contributed by atoms with Crippen LogP contribution in [0.5, 0.6) is 0 Å². The van der Waals surface area contributed by atoms with Gasteiger partial charge in [-0.05, 0) is 40.8 Å². The van der Waals surface area contributed by atoms with Crippen LogP contribution in [-0.4, -0.2) is 34.8 Å². The zero-order valence-corrected chi connectivity index (χ0v) is 21.6. The first-order valence-electron chi connectivity index (χ1n) is 12.3. The van der Waals surface area contributed by atoms with E-state index in [1.165, 1.54) is 28.4 Å². The fourth-order valence-electron chi connectivity index (χ4n) is 4.60. The number of nitrogens with one attached hydrogen (secondary N) is 2. The van der Waals surface area contributed by atoms with Crippen molar-refractivity contribution in [3.63, 3.8) is 0 Å². The van der Waals surface area contributed by atoms with Crippen LogP contribution in [0.1, 0.15) is 32.4 Å². The van der Waals surface area contributed by atoms with Gasteiger partial charge >= 0.3 is 5.97 Å². The first-order chi connectivity index (χ1) is 18.9. The van der Waals surface area contributed by atoms with E-state index in [4.69, 9.17) is 0 Å². The molecule has 1 aliphatic heterocycles. The van der Waals surface area contributed by atoms with Crippen LogP contribution in [0.25, 0.3) is 0 Å². The van der Waals surface area contributed by atoms with Crippen molar-refractivity contribution in [3.05, 3.63) is 118 Å². The van der Waals surface area contributed by atoms with E-state index in [-0.39, 0.29) is 24.3 Å². The maximum absolute atomic E-state index is 13.6. The molecule has 0 aliphatic carbocycles. The van der Waals surface area contributed by atoms with Gasteiger partial charge < -0.3 is 15.7 Å². The van der Waals surface area contributed by atoms with Crippen LogP contribution in [-0.2, 0) is 27.2 Å². The summed E-state index contributed by atoms with van der Waals surface area (Å²) in [6.45, 7) is 0. The van der Waals surface area contributed by atoms with Crippen molar-refractivity contribution in [2.24, 2.45) is 0 Å². The Morgan fingerprint density at radius 2 is 1.67 bits per heavy atom. The van der Waals surface area contributed by atoms with Crippen LogP contribution in [0.2, 0.25) is 0 Å². The van der Waals surface area contributed by atoms with Gasteiger partial charge in [0.25, 0.3) is 11.8 Å². The van der Waals surface area contributed by atoms with Gasteiger partial charge in [0.2, 0.25) is 5.91 Å². The Bertz CT molecular complexity index is 1510. The Labute approximate surface area is 228 Å². The topological polar surface area (TPSA) is 116 Å². The summed E-state index contributed by atoms with van der Waals surface area (Å²) < 4.78 is 0. The third-order valence-corrected chi connectivity index (χ3v) is 7.33. The first kappa shape index (κ1) is 25.9. The van der Waals surface area contributed by atoms with E-state index in [0.717, 1.165) is 10.4 Å². The number of carboxylic acid groups (broad SMARTS) is 1. The van der Waals surface area contributed by atoms with Gasteiger partial charge in [0.05, 0.1) is 17.8 Å². The van der Waals surface area contributed by atoms with E-state index in [0.29, 0.717) is 16.9 Å². The molecule has 9 heteroatoms.